The minimum absolute atomic E-state index is 0.0684. The van der Waals surface area contributed by atoms with Gasteiger partial charge in [-0.05, 0) is 35.3 Å². The van der Waals surface area contributed by atoms with Crippen LogP contribution in [0.3, 0.4) is 0 Å². The number of carbonyl (C=O) groups excluding carboxylic acids is 1. The van der Waals surface area contributed by atoms with E-state index in [9.17, 15) is 4.79 Å². The lowest BCUT2D eigenvalue weighted by molar-refractivity contribution is 0.0772. The first-order valence-electron chi connectivity index (χ1n) is 8.60. The molecule has 0 fully saturated rings. The molecule has 2 heterocycles. The lowest BCUT2D eigenvalue weighted by Crippen LogP contribution is -2.34. The standard InChI is InChI=1S/C21H21N3O/c1-15-20(14-22-23(15)2)21(25)24-12-10-17(11-13-24)19-9-5-7-16-6-3-4-8-18(16)19/h3-10,14H,11-13H2,1-2H3. The summed E-state index contributed by atoms with van der Waals surface area (Å²) in [6.45, 7) is 3.31. The van der Waals surface area contributed by atoms with Gasteiger partial charge in [0.15, 0.2) is 0 Å². The van der Waals surface area contributed by atoms with Gasteiger partial charge in [0, 0.05) is 25.8 Å². The molecule has 1 aliphatic heterocycles. The van der Waals surface area contributed by atoms with Gasteiger partial charge in [0.2, 0.25) is 0 Å². The molecule has 4 rings (SSSR count). The predicted octanol–water partition coefficient (Wildman–Crippen LogP) is 3.81. The van der Waals surface area contributed by atoms with Gasteiger partial charge in [0.25, 0.3) is 5.91 Å². The molecular weight excluding hydrogens is 310 g/mol. The van der Waals surface area contributed by atoms with Crippen LogP contribution in [0.5, 0.6) is 0 Å². The summed E-state index contributed by atoms with van der Waals surface area (Å²) in [5.41, 5.74) is 4.21. The Hall–Kier alpha value is -2.88. The molecule has 4 nitrogen and oxygen atoms in total. The zero-order chi connectivity index (χ0) is 17.4. The Morgan fingerprint density at radius 2 is 1.92 bits per heavy atom. The average Bonchev–Trinajstić information content (AvgIpc) is 3.00. The highest BCUT2D eigenvalue weighted by Crippen LogP contribution is 2.29. The van der Waals surface area contributed by atoms with Crippen LogP contribution in [0, 0.1) is 6.92 Å². The van der Waals surface area contributed by atoms with Crippen molar-refractivity contribution >= 4 is 22.3 Å². The van der Waals surface area contributed by atoms with E-state index in [2.05, 4.69) is 53.6 Å². The molecule has 3 aromatic rings. The third-order valence-corrected chi connectivity index (χ3v) is 5.10. The van der Waals surface area contributed by atoms with E-state index < -0.39 is 0 Å². The van der Waals surface area contributed by atoms with Crippen LogP contribution in [0.4, 0.5) is 0 Å². The van der Waals surface area contributed by atoms with Crippen LogP contribution in [0.2, 0.25) is 0 Å². The Bertz CT molecular complexity index is 978. The SMILES string of the molecule is Cc1c(C(=O)N2CC=C(c3cccc4ccccc34)CC2)cnn1C. The van der Waals surface area contributed by atoms with Crippen LogP contribution in [0.15, 0.2) is 54.7 Å². The molecule has 0 bridgehead atoms. The van der Waals surface area contributed by atoms with Gasteiger partial charge in [-0.25, -0.2) is 0 Å². The van der Waals surface area contributed by atoms with E-state index in [0.717, 1.165) is 18.7 Å². The Kier molecular flexibility index (Phi) is 3.88. The van der Waals surface area contributed by atoms with E-state index in [4.69, 9.17) is 0 Å². The number of carbonyl (C=O) groups is 1. The fourth-order valence-corrected chi connectivity index (χ4v) is 3.48. The Balaban J connectivity index is 1.60. The van der Waals surface area contributed by atoms with Crippen molar-refractivity contribution in [1.82, 2.24) is 14.7 Å². The van der Waals surface area contributed by atoms with Gasteiger partial charge in [-0.15, -0.1) is 0 Å². The first-order chi connectivity index (χ1) is 12.1. The van der Waals surface area contributed by atoms with Crippen molar-refractivity contribution in [3.8, 4) is 0 Å². The first kappa shape index (κ1) is 15.6. The van der Waals surface area contributed by atoms with Crippen molar-refractivity contribution in [3.63, 3.8) is 0 Å². The fourth-order valence-electron chi connectivity index (χ4n) is 3.48. The van der Waals surface area contributed by atoms with Crippen LogP contribution in [0.25, 0.3) is 16.3 Å². The monoisotopic (exact) mass is 331 g/mol. The molecule has 1 aliphatic rings. The maximum atomic E-state index is 12.7. The molecule has 0 saturated heterocycles. The predicted molar refractivity (Wildman–Crippen MR) is 100 cm³/mol. The molecule has 0 N–H and O–H groups in total. The molecule has 4 heteroatoms. The number of hydrogen-bond donors (Lipinski definition) is 0. The number of nitrogens with zero attached hydrogens (tertiary/aromatic N) is 3. The highest BCUT2D eigenvalue weighted by Gasteiger charge is 2.22. The van der Waals surface area contributed by atoms with Crippen molar-refractivity contribution in [2.24, 2.45) is 7.05 Å². The Morgan fingerprint density at radius 3 is 2.64 bits per heavy atom. The summed E-state index contributed by atoms with van der Waals surface area (Å²) in [6, 6.07) is 14.9. The number of benzene rings is 2. The van der Waals surface area contributed by atoms with Gasteiger partial charge >= 0.3 is 0 Å². The van der Waals surface area contributed by atoms with Crippen LogP contribution in [0.1, 0.15) is 28.0 Å². The molecule has 126 valence electrons. The van der Waals surface area contributed by atoms with E-state index in [1.165, 1.54) is 21.9 Å². The normalized spacial score (nSPS) is 14.6. The number of aromatic nitrogens is 2. The molecular formula is C21H21N3O. The quantitative estimate of drug-likeness (QED) is 0.716. The van der Waals surface area contributed by atoms with Gasteiger partial charge in [-0.3, -0.25) is 9.48 Å². The lowest BCUT2D eigenvalue weighted by Gasteiger charge is -2.27. The third-order valence-electron chi connectivity index (χ3n) is 5.10. The summed E-state index contributed by atoms with van der Waals surface area (Å²) >= 11 is 0. The molecule has 0 unspecified atom stereocenters. The second-order valence-electron chi connectivity index (χ2n) is 6.52. The molecule has 0 saturated carbocycles. The molecule has 0 radical (unpaired) electrons. The summed E-state index contributed by atoms with van der Waals surface area (Å²) < 4.78 is 1.74. The molecule has 1 amide bonds. The van der Waals surface area contributed by atoms with Gasteiger partial charge in [0.05, 0.1) is 11.8 Å². The Morgan fingerprint density at radius 1 is 1.12 bits per heavy atom. The summed E-state index contributed by atoms with van der Waals surface area (Å²) in [7, 11) is 1.86. The fraction of sp³-hybridized carbons (Fsp3) is 0.238. The summed E-state index contributed by atoms with van der Waals surface area (Å²) in [4.78, 5) is 14.6. The first-order valence-corrected chi connectivity index (χ1v) is 8.60. The second-order valence-corrected chi connectivity index (χ2v) is 6.52. The minimum Gasteiger partial charge on any atom is -0.334 e. The number of aryl methyl sites for hydroxylation is 1. The molecule has 0 spiro atoms. The van der Waals surface area contributed by atoms with Crippen molar-refractivity contribution in [2.75, 3.05) is 13.1 Å². The molecule has 25 heavy (non-hydrogen) atoms. The number of rotatable bonds is 2. The van der Waals surface area contributed by atoms with E-state index in [-0.39, 0.29) is 5.91 Å². The smallest absolute Gasteiger partial charge is 0.257 e. The molecule has 1 aromatic heterocycles. The zero-order valence-electron chi connectivity index (χ0n) is 14.6. The van der Waals surface area contributed by atoms with Crippen LogP contribution in [-0.2, 0) is 7.05 Å². The van der Waals surface area contributed by atoms with Gasteiger partial charge < -0.3 is 4.90 Å². The Labute approximate surface area is 147 Å². The van der Waals surface area contributed by atoms with Gasteiger partial charge in [-0.2, -0.15) is 5.10 Å². The van der Waals surface area contributed by atoms with Gasteiger partial charge in [-0.1, -0.05) is 48.5 Å². The summed E-state index contributed by atoms with van der Waals surface area (Å²) in [5, 5.41) is 6.71. The van der Waals surface area contributed by atoms with Crippen molar-refractivity contribution in [1.29, 1.82) is 0 Å². The van der Waals surface area contributed by atoms with Gasteiger partial charge in [0.1, 0.15) is 0 Å². The van der Waals surface area contributed by atoms with E-state index in [1.54, 1.807) is 10.9 Å². The minimum atomic E-state index is 0.0684. The maximum absolute atomic E-state index is 12.7. The van der Waals surface area contributed by atoms with E-state index >= 15 is 0 Å². The number of hydrogen-bond acceptors (Lipinski definition) is 2. The van der Waals surface area contributed by atoms with Crippen molar-refractivity contribution in [3.05, 3.63) is 71.6 Å². The zero-order valence-corrected chi connectivity index (χ0v) is 14.6. The number of amides is 1. The average molecular weight is 331 g/mol. The topological polar surface area (TPSA) is 38.1 Å². The van der Waals surface area contributed by atoms with Crippen molar-refractivity contribution < 1.29 is 4.79 Å². The summed E-state index contributed by atoms with van der Waals surface area (Å²) in [6.07, 6.45) is 4.73. The highest BCUT2D eigenvalue weighted by molar-refractivity contribution is 5.97. The highest BCUT2D eigenvalue weighted by atomic mass is 16.2. The van der Waals surface area contributed by atoms with Crippen molar-refractivity contribution in [2.45, 2.75) is 13.3 Å². The largest absolute Gasteiger partial charge is 0.334 e. The van der Waals surface area contributed by atoms with Crippen LogP contribution < -0.4 is 0 Å². The van der Waals surface area contributed by atoms with Crippen LogP contribution >= 0.6 is 0 Å². The summed E-state index contributed by atoms with van der Waals surface area (Å²) in [5.74, 6) is 0.0684. The maximum Gasteiger partial charge on any atom is 0.257 e. The molecule has 2 aromatic carbocycles. The van der Waals surface area contributed by atoms with E-state index in [1.807, 2.05) is 18.9 Å². The second kappa shape index (κ2) is 6.20. The van der Waals surface area contributed by atoms with Crippen LogP contribution in [-0.4, -0.2) is 33.7 Å². The van der Waals surface area contributed by atoms with E-state index in [0.29, 0.717) is 12.1 Å². The molecule has 0 atom stereocenters. The lowest BCUT2D eigenvalue weighted by atomic mass is 9.94. The number of fused-ring (bicyclic) bond motifs is 1. The third kappa shape index (κ3) is 2.74. The molecule has 0 aliphatic carbocycles.